The van der Waals surface area contributed by atoms with Crippen LogP contribution in [0.25, 0.3) is 0 Å². The van der Waals surface area contributed by atoms with Crippen LogP contribution in [-0.4, -0.2) is 37.8 Å². The first-order chi connectivity index (χ1) is 8.17. The van der Waals surface area contributed by atoms with Gasteiger partial charge in [0.1, 0.15) is 24.0 Å². The highest BCUT2D eigenvalue weighted by atomic mass is 19.1. The molecule has 0 aromatic heterocycles. The summed E-state index contributed by atoms with van der Waals surface area (Å²) in [6.07, 6.45) is 0. The summed E-state index contributed by atoms with van der Waals surface area (Å²) in [6, 6.07) is 3.08. The summed E-state index contributed by atoms with van der Waals surface area (Å²) >= 11 is 0. The highest BCUT2D eigenvalue weighted by Gasteiger charge is 2.25. The zero-order chi connectivity index (χ0) is 12.3. The van der Waals surface area contributed by atoms with Gasteiger partial charge < -0.3 is 4.74 Å². The fourth-order valence-electron chi connectivity index (χ4n) is 1.86. The first-order valence-electron chi connectivity index (χ1n) is 5.54. The van der Waals surface area contributed by atoms with Gasteiger partial charge >= 0.3 is 0 Å². The average Bonchev–Trinajstić information content (AvgIpc) is 2.20. The highest BCUT2D eigenvalue weighted by molar-refractivity contribution is 5.23. The van der Waals surface area contributed by atoms with E-state index in [2.05, 4.69) is 0 Å². The van der Waals surface area contributed by atoms with Crippen LogP contribution in [0.4, 0.5) is 13.2 Å². The summed E-state index contributed by atoms with van der Waals surface area (Å²) in [7, 11) is 0. The van der Waals surface area contributed by atoms with Gasteiger partial charge in [-0.1, -0.05) is 0 Å². The van der Waals surface area contributed by atoms with Gasteiger partial charge in [-0.2, -0.15) is 0 Å². The first-order valence-corrected chi connectivity index (χ1v) is 5.54. The van der Waals surface area contributed by atoms with Crippen LogP contribution in [0.15, 0.2) is 18.2 Å². The SMILES string of the molecule is FCC1CN(CCOc2cc(F)cc(F)c2)C1. The predicted octanol–water partition coefficient (Wildman–Crippen LogP) is 2.24. The van der Waals surface area contributed by atoms with Crippen LogP contribution < -0.4 is 4.74 Å². The van der Waals surface area contributed by atoms with E-state index in [4.69, 9.17) is 4.74 Å². The fourth-order valence-corrected chi connectivity index (χ4v) is 1.86. The zero-order valence-electron chi connectivity index (χ0n) is 9.33. The van der Waals surface area contributed by atoms with E-state index < -0.39 is 11.6 Å². The molecule has 0 bridgehead atoms. The van der Waals surface area contributed by atoms with Crippen LogP contribution in [0.1, 0.15) is 0 Å². The second-order valence-electron chi connectivity index (χ2n) is 4.23. The average molecular weight is 245 g/mol. The summed E-state index contributed by atoms with van der Waals surface area (Å²) in [4.78, 5) is 2.04. The van der Waals surface area contributed by atoms with Crippen molar-refractivity contribution in [1.82, 2.24) is 4.90 Å². The molecule has 5 heteroatoms. The van der Waals surface area contributed by atoms with Gasteiger partial charge in [-0.15, -0.1) is 0 Å². The normalized spacial score (nSPS) is 16.9. The number of hydrogen-bond donors (Lipinski definition) is 0. The van der Waals surface area contributed by atoms with Gasteiger partial charge in [0.25, 0.3) is 0 Å². The van der Waals surface area contributed by atoms with E-state index in [9.17, 15) is 13.2 Å². The zero-order valence-corrected chi connectivity index (χ0v) is 9.33. The summed E-state index contributed by atoms with van der Waals surface area (Å²) < 4.78 is 43.0. The van der Waals surface area contributed by atoms with E-state index in [-0.39, 0.29) is 18.3 Å². The van der Waals surface area contributed by atoms with Crippen molar-refractivity contribution in [2.75, 3.05) is 32.9 Å². The minimum atomic E-state index is -0.651. The predicted molar refractivity (Wildman–Crippen MR) is 57.8 cm³/mol. The number of hydrogen-bond acceptors (Lipinski definition) is 2. The number of ether oxygens (including phenoxy) is 1. The molecule has 0 spiro atoms. The summed E-state index contributed by atoms with van der Waals surface area (Å²) in [5.74, 6) is -0.977. The molecule has 0 radical (unpaired) electrons. The Kier molecular flexibility index (Phi) is 3.89. The second kappa shape index (κ2) is 5.40. The van der Waals surface area contributed by atoms with Gasteiger partial charge in [0.05, 0.1) is 6.67 Å². The van der Waals surface area contributed by atoms with E-state index in [1.165, 1.54) is 0 Å². The van der Waals surface area contributed by atoms with Crippen molar-refractivity contribution in [3.05, 3.63) is 29.8 Å². The maximum Gasteiger partial charge on any atom is 0.129 e. The highest BCUT2D eigenvalue weighted by Crippen LogP contribution is 2.17. The Hall–Kier alpha value is -1.23. The number of halogens is 3. The van der Waals surface area contributed by atoms with Crippen molar-refractivity contribution in [2.45, 2.75) is 0 Å². The Morgan fingerprint density at radius 3 is 2.41 bits per heavy atom. The van der Waals surface area contributed by atoms with Crippen LogP contribution in [-0.2, 0) is 0 Å². The van der Waals surface area contributed by atoms with Crippen LogP contribution in [0.5, 0.6) is 5.75 Å². The van der Waals surface area contributed by atoms with Crippen molar-refractivity contribution in [1.29, 1.82) is 0 Å². The van der Waals surface area contributed by atoms with Gasteiger partial charge in [-0.3, -0.25) is 9.29 Å². The van der Waals surface area contributed by atoms with E-state index in [0.29, 0.717) is 13.2 Å². The second-order valence-corrected chi connectivity index (χ2v) is 4.23. The minimum Gasteiger partial charge on any atom is -0.492 e. The quantitative estimate of drug-likeness (QED) is 0.789. The molecule has 0 N–H and O–H groups in total. The Labute approximate surface area is 98.0 Å². The van der Waals surface area contributed by atoms with Crippen molar-refractivity contribution in [2.24, 2.45) is 5.92 Å². The van der Waals surface area contributed by atoms with Gasteiger partial charge in [-0.25, -0.2) is 8.78 Å². The Balaban J connectivity index is 1.71. The van der Waals surface area contributed by atoms with E-state index in [1.807, 2.05) is 4.90 Å². The van der Waals surface area contributed by atoms with E-state index >= 15 is 0 Å². The largest absolute Gasteiger partial charge is 0.492 e. The Morgan fingerprint density at radius 2 is 1.82 bits per heavy atom. The maximum atomic E-state index is 12.8. The Morgan fingerprint density at radius 1 is 1.18 bits per heavy atom. The molecule has 1 aromatic carbocycles. The van der Waals surface area contributed by atoms with Gasteiger partial charge in [0, 0.05) is 43.8 Å². The topological polar surface area (TPSA) is 12.5 Å². The lowest BCUT2D eigenvalue weighted by atomic mass is 10.0. The molecule has 1 fully saturated rings. The molecule has 0 saturated carbocycles. The number of alkyl halides is 1. The lowest BCUT2D eigenvalue weighted by molar-refractivity contribution is 0.0667. The molecule has 1 aromatic rings. The van der Waals surface area contributed by atoms with Gasteiger partial charge in [-0.05, 0) is 0 Å². The summed E-state index contributed by atoms with van der Waals surface area (Å²) in [5, 5.41) is 0. The van der Waals surface area contributed by atoms with Crippen LogP contribution >= 0.6 is 0 Å². The van der Waals surface area contributed by atoms with Crippen molar-refractivity contribution >= 4 is 0 Å². The molecule has 0 amide bonds. The van der Waals surface area contributed by atoms with Crippen molar-refractivity contribution in [3.8, 4) is 5.75 Å². The molecule has 0 atom stereocenters. The number of likely N-dealkylation sites (tertiary alicyclic amines) is 1. The number of benzene rings is 1. The summed E-state index contributed by atoms with van der Waals surface area (Å²) in [5.41, 5.74) is 0. The van der Waals surface area contributed by atoms with Crippen LogP contribution in [0.2, 0.25) is 0 Å². The number of rotatable bonds is 5. The van der Waals surface area contributed by atoms with Gasteiger partial charge in [0.2, 0.25) is 0 Å². The van der Waals surface area contributed by atoms with Crippen LogP contribution in [0.3, 0.4) is 0 Å². The molecule has 94 valence electrons. The van der Waals surface area contributed by atoms with Crippen molar-refractivity contribution in [3.63, 3.8) is 0 Å². The Bertz CT molecular complexity index is 360. The van der Waals surface area contributed by atoms with Gasteiger partial charge in [0.15, 0.2) is 0 Å². The van der Waals surface area contributed by atoms with E-state index in [1.54, 1.807) is 0 Å². The standard InChI is InChI=1S/C12H14F3NO/c13-6-9-7-16(8-9)1-2-17-12-4-10(14)3-11(15)5-12/h3-5,9H,1-2,6-8H2. The lowest BCUT2D eigenvalue weighted by Crippen LogP contribution is -2.49. The molecule has 1 aliphatic heterocycles. The first kappa shape index (κ1) is 12.2. The van der Waals surface area contributed by atoms with Crippen molar-refractivity contribution < 1.29 is 17.9 Å². The molecule has 17 heavy (non-hydrogen) atoms. The fraction of sp³-hybridized carbons (Fsp3) is 0.500. The molecule has 2 nitrogen and oxygen atoms in total. The molecule has 0 aliphatic carbocycles. The van der Waals surface area contributed by atoms with Crippen LogP contribution in [0, 0.1) is 17.6 Å². The smallest absolute Gasteiger partial charge is 0.129 e. The monoisotopic (exact) mass is 245 g/mol. The molecule has 1 heterocycles. The third-order valence-corrected chi connectivity index (χ3v) is 2.76. The maximum absolute atomic E-state index is 12.8. The number of nitrogens with zero attached hydrogens (tertiary/aromatic N) is 1. The minimum absolute atomic E-state index is 0.140. The lowest BCUT2D eigenvalue weighted by Gasteiger charge is -2.37. The molecular formula is C12H14F3NO. The molecule has 2 rings (SSSR count). The molecular weight excluding hydrogens is 231 g/mol. The van der Waals surface area contributed by atoms with E-state index in [0.717, 1.165) is 31.3 Å². The third-order valence-electron chi connectivity index (χ3n) is 2.76. The summed E-state index contributed by atoms with van der Waals surface area (Å²) in [6.45, 7) is 2.18. The third kappa shape index (κ3) is 3.36. The molecule has 0 unspecified atom stereocenters. The molecule has 1 aliphatic rings. The molecule has 1 saturated heterocycles.